The highest BCUT2D eigenvalue weighted by Crippen LogP contribution is 2.22. The lowest BCUT2D eigenvalue weighted by Crippen LogP contribution is -2.26. The maximum Gasteiger partial charge on any atom is 0.126 e. The van der Waals surface area contributed by atoms with Crippen molar-refractivity contribution in [1.29, 1.82) is 0 Å². The molecule has 1 unspecified atom stereocenters. The lowest BCUT2D eigenvalue weighted by molar-refractivity contribution is 0.512. The summed E-state index contributed by atoms with van der Waals surface area (Å²) < 4.78 is 14.2. The predicted octanol–water partition coefficient (Wildman–Crippen LogP) is 4.69. The third-order valence-electron chi connectivity index (χ3n) is 4.42. The lowest BCUT2D eigenvalue weighted by atomic mass is 10.0. The summed E-state index contributed by atoms with van der Waals surface area (Å²) in [4.78, 5) is 0. The van der Waals surface area contributed by atoms with Crippen molar-refractivity contribution in [2.45, 2.75) is 45.2 Å². The minimum absolute atomic E-state index is 0.116. The summed E-state index contributed by atoms with van der Waals surface area (Å²) in [5.41, 5.74) is 4.12. The van der Waals surface area contributed by atoms with Crippen molar-refractivity contribution < 1.29 is 4.39 Å². The summed E-state index contributed by atoms with van der Waals surface area (Å²) in [6.07, 6.45) is 3.48. The quantitative estimate of drug-likeness (QED) is 0.743. The van der Waals surface area contributed by atoms with Crippen molar-refractivity contribution in [2.24, 2.45) is 0 Å². The molecule has 1 atom stereocenters. The molecule has 2 aromatic rings. The van der Waals surface area contributed by atoms with E-state index in [1.807, 2.05) is 12.1 Å². The first kappa shape index (κ1) is 15.5. The fourth-order valence-corrected chi connectivity index (χ4v) is 3.20. The second kappa shape index (κ2) is 6.80. The first-order valence-electron chi connectivity index (χ1n) is 7.90. The van der Waals surface area contributed by atoms with Crippen LogP contribution in [0, 0.1) is 5.82 Å². The lowest BCUT2D eigenvalue weighted by Gasteiger charge is -2.14. The molecular weight excluding hydrogens is 297 g/mol. The molecule has 6 rings (SSSR count). The van der Waals surface area contributed by atoms with E-state index in [-0.39, 0.29) is 5.82 Å². The maximum atomic E-state index is 14.2. The zero-order chi connectivity index (χ0) is 15.5. The van der Waals surface area contributed by atoms with E-state index in [4.69, 9.17) is 11.6 Å². The Labute approximate surface area is 136 Å². The molecule has 0 aliphatic carbocycles. The van der Waals surface area contributed by atoms with Gasteiger partial charge in [-0.2, -0.15) is 0 Å². The van der Waals surface area contributed by atoms with Gasteiger partial charge >= 0.3 is 0 Å². The number of hydrogen-bond donors (Lipinski definition) is 1. The predicted molar refractivity (Wildman–Crippen MR) is 89.9 cm³/mol. The van der Waals surface area contributed by atoms with Crippen molar-refractivity contribution in [3.05, 3.63) is 69.5 Å². The zero-order valence-corrected chi connectivity index (χ0v) is 13.6. The van der Waals surface area contributed by atoms with Crippen molar-refractivity contribution in [3.8, 4) is 0 Å². The normalized spacial score (nSPS) is 19.0. The average Bonchev–Trinajstić information content (AvgIpc) is 2.51. The first-order chi connectivity index (χ1) is 10.6. The molecule has 3 heteroatoms. The van der Waals surface area contributed by atoms with Gasteiger partial charge in [0.05, 0.1) is 0 Å². The standard InChI is InChI=1S/C19H21ClFN/c1-13-2-3-14-4-6-16(18(20)10-14)8-9-17-7-5-15(12-22-13)11-19(17)21/h4-7,10-11,13,22H,2-3,8-9,12H2,1H3. The minimum Gasteiger partial charge on any atom is -0.310 e. The molecule has 0 saturated carbocycles. The SMILES string of the molecule is CC1CCc2ccc(c(Cl)c2)CCc2ccc(cc2F)CN1. The fourth-order valence-electron chi connectivity index (χ4n) is 2.90. The third-order valence-corrected chi connectivity index (χ3v) is 4.77. The fraction of sp³-hybridized carbons (Fsp3) is 0.368. The molecule has 0 spiro atoms. The van der Waals surface area contributed by atoms with E-state index >= 15 is 0 Å². The van der Waals surface area contributed by atoms with E-state index in [1.165, 1.54) is 5.56 Å². The molecule has 4 aliphatic heterocycles. The molecule has 2 aromatic carbocycles. The largest absolute Gasteiger partial charge is 0.310 e. The third kappa shape index (κ3) is 3.68. The van der Waals surface area contributed by atoms with Gasteiger partial charge in [-0.25, -0.2) is 4.39 Å². The molecule has 0 saturated heterocycles. The molecule has 0 radical (unpaired) electrons. The van der Waals surface area contributed by atoms with Crippen LogP contribution in [0.25, 0.3) is 0 Å². The Kier molecular flexibility index (Phi) is 4.80. The smallest absolute Gasteiger partial charge is 0.126 e. The second-order valence-corrected chi connectivity index (χ2v) is 6.58. The van der Waals surface area contributed by atoms with Gasteiger partial charge in [0.25, 0.3) is 0 Å². The van der Waals surface area contributed by atoms with Crippen LogP contribution in [0.1, 0.15) is 35.6 Å². The summed E-state index contributed by atoms with van der Waals surface area (Å²) in [5, 5.41) is 4.26. The van der Waals surface area contributed by atoms with E-state index in [0.717, 1.165) is 41.0 Å². The van der Waals surface area contributed by atoms with E-state index in [1.54, 1.807) is 6.07 Å². The number of aryl methyl sites for hydroxylation is 3. The summed E-state index contributed by atoms with van der Waals surface area (Å²) in [6.45, 7) is 2.87. The molecule has 4 heterocycles. The molecule has 0 fully saturated rings. The summed E-state index contributed by atoms with van der Waals surface area (Å²) in [6, 6.07) is 12.2. The number of hydrogen-bond acceptors (Lipinski definition) is 1. The molecule has 116 valence electrons. The van der Waals surface area contributed by atoms with Crippen LogP contribution < -0.4 is 5.32 Å². The van der Waals surface area contributed by atoms with E-state index in [2.05, 4.69) is 30.4 Å². The van der Waals surface area contributed by atoms with Gasteiger partial charge in [0.1, 0.15) is 5.82 Å². The topological polar surface area (TPSA) is 12.0 Å². The number of rotatable bonds is 0. The average molecular weight is 318 g/mol. The van der Waals surface area contributed by atoms with Gasteiger partial charge in [-0.05, 0) is 67.0 Å². The van der Waals surface area contributed by atoms with Crippen molar-refractivity contribution in [3.63, 3.8) is 0 Å². The van der Waals surface area contributed by atoms with Gasteiger partial charge < -0.3 is 5.32 Å². The molecular formula is C19H21ClFN. The number of benzene rings is 2. The van der Waals surface area contributed by atoms with Crippen LogP contribution in [0.5, 0.6) is 0 Å². The highest BCUT2D eigenvalue weighted by molar-refractivity contribution is 6.31. The Morgan fingerprint density at radius 3 is 2.50 bits per heavy atom. The van der Waals surface area contributed by atoms with Gasteiger partial charge in [0.2, 0.25) is 0 Å². The molecule has 1 N–H and O–H groups in total. The van der Waals surface area contributed by atoms with Crippen LogP contribution in [0.4, 0.5) is 4.39 Å². The molecule has 0 aromatic heterocycles. The van der Waals surface area contributed by atoms with E-state index in [9.17, 15) is 4.39 Å². The minimum atomic E-state index is -0.116. The molecule has 1 nitrogen and oxygen atoms in total. The van der Waals surface area contributed by atoms with Crippen molar-refractivity contribution in [1.82, 2.24) is 5.32 Å². The van der Waals surface area contributed by atoms with E-state index < -0.39 is 0 Å². The molecule has 22 heavy (non-hydrogen) atoms. The van der Waals surface area contributed by atoms with Crippen LogP contribution in [0.3, 0.4) is 0 Å². The van der Waals surface area contributed by atoms with Gasteiger partial charge in [0.15, 0.2) is 0 Å². The molecule has 4 aliphatic rings. The van der Waals surface area contributed by atoms with Crippen LogP contribution in [0.2, 0.25) is 5.02 Å². The molecule has 4 bridgehead atoms. The molecule has 0 amide bonds. The van der Waals surface area contributed by atoms with Crippen LogP contribution in [0.15, 0.2) is 36.4 Å². The number of halogens is 2. The maximum absolute atomic E-state index is 14.2. The van der Waals surface area contributed by atoms with Crippen LogP contribution >= 0.6 is 11.6 Å². The van der Waals surface area contributed by atoms with Crippen molar-refractivity contribution >= 4 is 11.6 Å². The van der Waals surface area contributed by atoms with Gasteiger partial charge in [0, 0.05) is 17.6 Å². The Morgan fingerprint density at radius 1 is 1.00 bits per heavy atom. The summed E-state index contributed by atoms with van der Waals surface area (Å²) in [7, 11) is 0. The Morgan fingerprint density at radius 2 is 1.73 bits per heavy atom. The van der Waals surface area contributed by atoms with Gasteiger partial charge in [-0.1, -0.05) is 35.9 Å². The van der Waals surface area contributed by atoms with Crippen LogP contribution in [-0.2, 0) is 25.8 Å². The highest BCUT2D eigenvalue weighted by atomic mass is 35.5. The highest BCUT2D eigenvalue weighted by Gasteiger charge is 2.10. The first-order valence-corrected chi connectivity index (χ1v) is 8.27. The van der Waals surface area contributed by atoms with Crippen LogP contribution in [-0.4, -0.2) is 6.04 Å². The Hall–Kier alpha value is -1.38. The summed E-state index contributed by atoms with van der Waals surface area (Å²) >= 11 is 6.39. The second-order valence-electron chi connectivity index (χ2n) is 6.17. The Balaban J connectivity index is 1.92. The summed E-state index contributed by atoms with van der Waals surface area (Å²) in [5.74, 6) is -0.116. The number of nitrogens with one attached hydrogen (secondary N) is 1. The zero-order valence-electron chi connectivity index (χ0n) is 12.8. The Bertz CT molecular complexity index is 611. The monoisotopic (exact) mass is 317 g/mol. The van der Waals surface area contributed by atoms with Gasteiger partial charge in [-0.3, -0.25) is 0 Å². The van der Waals surface area contributed by atoms with Gasteiger partial charge in [-0.15, -0.1) is 0 Å². The van der Waals surface area contributed by atoms with E-state index in [0.29, 0.717) is 19.0 Å². The van der Waals surface area contributed by atoms with Crippen molar-refractivity contribution in [2.75, 3.05) is 0 Å².